The summed E-state index contributed by atoms with van der Waals surface area (Å²) in [6, 6.07) is -0.255. The van der Waals surface area contributed by atoms with Crippen LogP contribution >= 0.6 is 0 Å². The molecule has 0 spiro atoms. The summed E-state index contributed by atoms with van der Waals surface area (Å²) in [5.41, 5.74) is 0. The molecule has 2 aliphatic rings. The summed E-state index contributed by atoms with van der Waals surface area (Å²) in [5.74, 6) is 1.92. The van der Waals surface area contributed by atoms with Gasteiger partial charge in [0.1, 0.15) is 11.9 Å². The van der Waals surface area contributed by atoms with E-state index in [0.29, 0.717) is 25.1 Å². The van der Waals surface area contributed by atoms with Crippen molar-refractivity contribution >= 4 is 11.9 Å². The SMILES string of the molecule is CN1CCOCC1C(=O)Nc1nnc(C2CC2)n1C. The van der Waals surface area contributed by atoms with Gasteiger partial charge in [-0.1, -0.05) is 0 Å². The average molecular weight is 265 g/mol. The molecule has 7 heteroatoms. The number of carbonyl (C=O) groups is 1. The first-order valence-corrected chi connectivity index (χ1v) is 6.65. The molecule has 1 aliphatic heterocycles. The average Bonchev–Trinajstić information content (AvgIpc) is 3.17. The number of nitrogens with zero attached hydrogens (tertiary/aromatic N) is 4. The number of aromatic nitrogens is 3. The third-order valence-corrected chi connectivity index (χ3v) is 3.78. The van der Waals surface area contributed by atoms with Crippen LogP contribution in [0, 0.1) is 0 Å². The lowest BCUT2D eigenvalue weighted by Gasteiger charge is -2.30. The monoisotopic (exact) mass is 265 g/mol. The Morgan fingerprint density at radius 2 is 2.16 bits per heavy atom. The van der Waals surface area contributed by atoms with Crippen LogP contribution in [0.3, 0.4) is 0 Å². The van der Waals surface area contributed by atoms with Crippen molar-refractivity contribution in [1.82, 2.24) is 19.7 Å². The summed E-state index contributed by atoms with van der Waals surface area (Å²) in [6.07, 6.45) is 2.33. The summed E-state index contributed by atoms with van der Waals surface area (Å²) < 4.78 is 7.22. The van der Waals surface area contributed by atoms with Gasteiger partial charge in [0, 0.05) is 19.5 Å². The van der Waals surface area contributed by atoms with E-state index in [2.05, 4.69) is 15.5 Å². The van der Waals surface area contributed by atoms with Crippen LogP contribution < -0.4 is 5.32 Å². The second-order valence-corrected chi connectivity index (χ2v) is 5.28. The van der Waals surface area contributed by atoms with Crippen LogP contribution in [-0.2, 0) is 16.6 Å². The van der Waals surface area contributed by atoms with Crippen molar-refractivity contribution < 1.29 is 9.53 Å². The Bertz CT molecular complexity index is 482. The molecule has 0 radical (unpaired) electrons. The molecule has 3 rings (SSSR count). The maximum absolute atomic E-state index is 12.2. The summed E-state index contributed by atoms with van der Waals surface area (Å²) in [6.45, 7) is 1.87. The molecule has 1 amide bonds. The van der Waals surface area contributed by atoms with Crippen LogP contribution in [0.15, 0.2) is 0 Å². The van der Waals surface area contributed by atoms with E-state index in [1.54, 1.807) is 0 Å². The van der Waals surface area contributed by atoms with Crippen molar-refractivity contribution in [2.45, 2.75) is 24.8 Å². The maximum atomic E-state index is 12.2. The van der Waals surface area contributed by atoms with Crippen molar-refractivity contribution in [3.05, 3.63) is 5.82 Å². The van der Waals surface area contributed by atoms with Gasteiger partial charge in [0.05, 0.1) is 13.2 Å². The van der Waals surface area contributed by atoms with Gasteiger partial charge in [-0.05, 0) is 19.9 Å². The highest BCUT2D eigenvalue weighted by Crippen LogP contribution is 2.39. The molecule has 2 fully saturated rings. The first-order valence-electron chi connectivity index (χ1n) is 6.65. The highest BCUT2D eigenvalue weighted by molar-refractivity contribution is 5.93. The van der Waals surface area contributed by atoms with Gasteiger partial charge < -0.3 is 9.30 Å². The topological polar surface area (TPSA) is 72.3 Å². The second-order valence-electron chi connectivity index (χ2n) is 5.28. The fraction of sp³-hybridized carbons (Fsp3) is 0.750. The van der Waals surface area contributed by atoms with E-state index in [0.717, 1.165) is 12.4 Å². The quantitative estimate of drug-likeness (QED) is 0.830. The lowest BCUT2D eigenvalue weighted by molar-refractivity contribution is -0.126. The van der Waals surface area contributed by atoms with Gasteiger partial charge in [0.25, 0.3) is 0 Å². The van der Waals surface area contributed by atoms with Gasteiger partial charge in [-0.25, -0.2) is 0 Å². The van der Waals surface area contributed by atoms with E-state index in [4.69, 9.17) is 4.74 Å². The third kappa shape index (κ3) is 2.48. The van der Waals surface area contributed by atoms with E-state index < -0.39 is 0 Å². The largest absolute Gasteiger partial charge is 0.378 e. The Morgan fingerprint density at radius 1 is 1.37 bits per heavy atom. The number of morpholine rings is 1. The van der Waals surface area contributed by atoms with Gasteiger partial charge in [0.2, 0.25) is 11.9 Å². The molecule has 0 bridgehead atoms. The first-order chi connectivity index (χ1) is 9.16. The van der Waals surface area contributed by atoms with Gasteiger partial charge in [-0.15, -0.1) is 10.2 Å². The zero-order chi connectivity index (χ0) is 13.4. The van der Waals surface area contributed by atoms with Crippen LogP contribution in [0.4, 0.5) is 5.95 Å². The van der Waals surface area contributed by atoms with Gasteiger partial charge in [-0.2, -0.15) is 0 Å². The third-order valence-electron chi connectivity index (χ3n) is 3.78. The molecule has 1 unspecified atom stereocenters. The summed E-state index contributed by atoms with van der Waals surface area (Å²) in [7, 11) is 3.82. The molecule has 1 aromatic rings. The molecular weight excluding hydrogens is 246 g/mol. The number of nitrogens with one attached hydrogen (secondary N) is 1. The van der Waals surface area contributed by atoms with Gasteiger partial charge >= 0.3 is 0 Å². The summed E-state index contributed by atoms with van der Waals surface area (Å²) >= 11 is 0. The minimum absolute atomic E-state index is 0.0833. The number of anilines is 1. The number of ether oxygens (including phenoxy) is 1. The Kier molecular flexibility index (Phi) is 3.24. The smallest absolute Gasteiger partial charge is 0.246 e. The lowest BCUT2D eigenvalue weighted by Crippen LogP contribution is -2.50. The fourth-order valence-corrected chi connectivity index (χ4v) is 2.30. The Hall–Kier alpha value is -1.47. The number of carbonyl (C=O) groups excluding carboxylic acids is 1. The Balaban J connectivity index is 1.68. The van der Waals surface area contributed by atoms with Gasteiger partial charge in [0.15, 0.2) is 0 Å². The molecular formula is C12H19N5O2. The van der Waals surface area contributed by atoms with Crippen molar-refractivity contribution in [3.63, 3.8) is 0 Å². The second kappa shape index (κ2) is 4.90. The van der Waals surface area contributed by atoms with E-state index in [1.807, 2.05) is 23.6 Å². The molecule has 2 heterocycles. The highest BCUT2D eigenvalue weighted by atomic mass is 16.5. The van der Waals surface area contributed by atoms with Crippen LogP contribution in [0.2, 0.25) is 0 Å². The van der Waals surface area contributed by atoms with Crippen molar-refractivity contribution in [2.24, 2.45) is 7.05 Å². The van der Waals surface area contributed by atoms with Crippen molar-refractivity contribution in [3.8, 4) is 0 Å². The predicted molar refractivity (Wildman–Crippen MR) is 68.8 cm³/mol. The molecule has 1 saturated carbocycles. The van der Waals surface area contributed by atoms with Crippen molar-refractivity contribution in [1.29, 1.82) is 0 Å². The number of hydrogen-bond donors (Lipinski definition) is 1. The van der Waals surface area contributed by atoms with Crippen LogP contribution in [0.25, 0.3) is 0 Å². The van der Waals surface area contributed by atoms with E-state index in [9.17, 15) is 4.79 Å². The number of rotatable bonds is 3. The molecule has 0 aromatic carbocycles. The molecule has 19 heavy (non-hydrogen) atoms. The Morgan fingerprint density at radius 3 is 2.84 bits per heavy atom. The normalized spacial score (nSPS) is 24.4. The molecule has 1 saturated heterocycles. The van der Waals surface area contributed by atoms with Gasteiger partial charge in [-0.3, -0.25) is 15.0 Å². The fourth-order valence-electron chi connectivity index (χ4n) is 2.30. The zero-order valence-electron chi connectivity index (χ0n) is 11.3. The summed E-state index contributed by atoms with van der Waals surface area (Å²) in [5, 5.41) is 11.0. The van der Waals surface area contributed by atoms with E-state index >= 15 is 0 Å². The van der Waals surface area contributed by atoms with Crippen molar-refractivity contribution in [2.75, 3.05) is 32.1 Å². The van der Waals surface area contributed by atoms with Crippen LogP contribution in [0.1, 0.15) is 24.6 Å². The number of amides is 1. The zero-order valence-corrected chi connectivity index (χ0v) is 11.3. The van der Waals surface area contributed by atoms with Crippen LogP contribution in [0.5, 0.6) is 0 Å². The Labute approximate surface area is 111 Å². The summed E-state index contributed by atoms with van der Waals surface area (Å²) in [4.78, 5) is 14.2. The molecule has 1 atom stereocenters. The number of hydrogen-bond acceptors (Lipinski definition) is 5. The van der Waals surface area contributed by atoms with E-state index in [1.165, 1.54) is 12.8 Å². The molecule has 1 aromatic heterocycles. The predicted octanol–water partition coefficient (Wildman–Crippen LogP) is -0.0384. The maximum Gasteiger partial charge on any atom is 0.246 e. The minimum atomic E-state index is -0.255. The lowest BCUT2D eigenvalue weighted by atomic mass is 10.2. The standard InChI is InChI=1S/C12H19N5O2/c1-16-5-6-19-7-9(16)11(18)13-12-15-14-10(17(12)2)8-3-4-8/h8-9H,3-7H2,1-2H3,(H,13,15,18). The highest BCUT2D eigenvalue weighted by Gasteiger charge is 2.31. The number of likely N-dealkylation sites (N-methyl/N-ethyl adjacent to an activating group) is 1. The molecule has 1 aliphatic carbocycles. The molecule has 104 valence electrons. The first kappa shape index (κ1) is 12.6. The minimum Gasteiger partial charge on any atom is -0.378 e. The molecule has 1 N–H and O–H groups in total. The van der Waals surface area contributed by atoms with E-state index in [-0.39, 0.29) is 11.9 Å². The molecule has 7 nitrogen and oxygen atoms in total. The van der Waals surface area contributed by atoms with Crippen LogP contribution in [-0.4, -0.2) is 58.4 Å².